The zero-order valence-corrected chi connectivity index (χ0v) is 12.7. The molecule has 2 rings (SSSR count). The summed E-state index contributed by atoms with van der Waals surface area (Å²) in [7, 11) is 0. The maximum atomic E-state index is 12.9. The van der Waals surface area contributed by atoms with E-state index in [9.17, 15) is 18.8 Å². The number of nitrogens with one attached hydrogen (secondary N) is 2. The van der Waals surface area contributed by atoms with E-state index >= 15 is 0 Å². The first-order chi connectivity index (χ1) is 11.0. The molecule has 124 valence electrons. The number of amides is 3. The Morgan fingerprint density at radius 1 is 1.35 bits per heavy atom. The minimum Gasteiger partial charge on any atom is -0.465 e. The molecule has 0 radical (unpaired) electrons. The number of anilines is 1. The Balaban J connectivity index is 1.84. The Hall–Kier alpha value is -2.64. The third kappa shape index (κ3) is 4.67. The summed E-state index contributed by atoms with van der Waals surface area (Å²) in [4.78, 5) is 36.3. The first-order valence-electron chi connectivity index (χ1n) is 7.25. The number of ether oxygens (including phenoxy) is 1. The molecule has 2 N–H and O–H groups in total. The number of urea groups is 1. The smallest absolute Gasteiger partial charge is 0.325 e. The van der Waals surface area contributed by atoms with Crippen molar-refractivity contribution in [1.29, 1.82) is 0 Å². The minimum absolute atomic E-state index is 0.143. The molecule has 8 heteroatoms. The van der Waals surface area contributed by atoms with Gasteiger partial charge in [0, 0.05) is 18.7 Å². The molecule has 0 aromatic heterocycles. The maximum absolute atomic E-state index is 12.9. The fourth-order valence-electron chi connectivity index (χ4n) is 2.28. The number of nitrogens with zero attached hydrogens (tertiary/aromatic N) is 1. The molecule has 1 atom stereocenters. The van der Waals surface area contributed by atoms with Crippen molar-refractivity contribution in [2.75, 3.05) is 24.6 Å². The Bertz CT molecular complexity index is 591. The van der Waals surface area contributed by atoms with Gasteiger partial charge in [0.15, 0.2) is 0 Å². The van der Waals surface area contributed by atoms with E-state index < -0.39 is 12.0 Å². The largest absolute Gasteiger partial charge is 0.465 e. The Morgan fingerprint density at radius 3 is 2.70 bits per heavy atom. The third-order valence-corrected chi connectivity index (χ3v) is 3.30. The number of carbonyl (C=O) groups excluding carboxylic acids is 3. The lowest BCUT2D eigenvalue weighted by Crippen LogP contribution is -2.45. The molecule has 0 aliphatic carbocycles. The number of esters is 1. The van der Waals surface area contributed by atoms with Crippen LogP contribution in [0.2, 0.25) is 0 Å². The second-order valence-electron chi connectivity index (χ2n) is 5.01. The molecule has 1 aliphatic rings. The topological polar surface area (TPSA) is 87.7 Å². The maximum Gasteiger partial charge on any atom is 0.325 e. The molecule has 3 amide bonds. The van der Waals surface area contributed by atoms with Gasteiger partial charge >= 0.3 is 12.0 Å². The summed E-state index contributed by atoms with van der Waals surface area (Å²) >= 11 is 0. The van der Waals surface area contributed by atoms with Gasteiger partial charge < -0.3 is 20.3 Å². The molecule has 1 aromatic carbocycles. The lowest BCUT2D eigenvalue weighted by Gasteiger charge is -2.17. The molecule has 7 nitrogen and oxygen atoms in total. The number of hydrogen-bond acceptors (Lipinski definition) is 4. The van der Waals surface area contributed by atoms with Crippen molar-refractivity contribution in [3.8, 4) is 0 Å². The molecule has 1 saturated heterocycles. The molecule has 1 fully saturated rings. The van der Waals surface area contributed by atoms with Crippen LogP contribution >= 0.6 is 0 Å². The highest BCUT2D eigenvalue weighted by molar-refractivity contribution is 5.96. The van der Waals surface area contributed by atoms with Crippen LogP contribution in [-0.4, -0.2) is 43.6 Å². The van der Waals surface area contributed by atoms with Gasteiger partial charge in [-0.05, 0) is 31.2 Å². The second kappa shape index (κ2) is 7.57. The van der Waals surface area contributed by atoms with Gasteiger partial charge in [0.25, 0.3) is 0 Å². The summed E-state index contributed by atoms with van der Waals surface area (Å²) in [5, 5.41) is 4.99. The normalized spacial score (nSPS) is 17.0. The van der Waals surface area contributed by atoms with E-state index in [1.807, 2.05) is 0 Å². The van der Waals surface area contributed by atoms with Crippen LogP contribution in [0.25, 0.3) is 0 Å². The fraction of sp³-hybridized carbons (Fsp3) is 0.400. The van der Waals surface area contributed by atoms with Crippen molar-refractivity contribution in [3.05, 3.63) is 30.1 Å². The van der Waals surface area contributed by atoms with E-state index in [2.05, 4.69) is 15.4 Å². The quantitative estimate of drug-likeness (QED) is 0.784. The van der Waals surface area contributed by atoms with Gasteiger partial charge in [0.1, 0.15) is 12.4 Å². The van der Waals surface area contributed by atoms with Crippen LogP contribution in [0, 0.1) is 5.82 Å². The van der Waals surface area contributed by atoms with E-state index in [1.165, 1.54) is 29.2 Å². The van der Waals surface area contributed by atoms with Crippen LogP contribution in [-0.2, 0) is 14.3 Å². The fourth-order valence-corrected chi connectivity index (χ4v) is 2.28. The van der Waals surface area contributed by atoms with Crippen molar-refractivity contribution >= 4 is 23.6 Å². The van der Waals surface area contributed by atoms with Crippen LogP contribution in [0.3, 0.4) is 0 Å². The number of rotatable bonds is 5. The van der Waals surface area contributed by atoms with Crippen LogP contribution < -0.4 is 15.5 Å². The van der Waals surface area contributed by atoms with Crippen molar-refractivity contribution < 1.29 is 23.5 Å². The van der Waals surface area contributed by atoms with Crippen LogP contribution in [0.4, 0.5) is 14.9 Å². The van der Waals surface area contributed by atoms with Crippen LogP contribution in [0.15, 0.2) is 24.3 Å². The summed E-state index contributed by atoms with van der Waals surface area (Å²) < 4.78 is 17.6. The van der Waals surface area contributed by atoms with Gasteiger partial charge in [-0.25, -0.2) is 9.18 Å². The molecular formula is C15H18FN3O4. The van der Waals surface area contributed by atoms with Crippen molar-refractivity contribution in [2.45, 2.75) is 19.4 Å². The van der Waals surface area contributed by atoms with Gasteiger partial charge in [0.2, 0.25) is 5.91 Å². The number of carbonyl (C=O) groups is 3. The highest BCUT2D eigenvalue weighted by Gasteiger charge is 2.31. The minimum atomic E-state index is -0.545. The molecule has 0 spiro atoms. The van der Waals surface area contributed by atoms with E-state index in [-0.39, 0.29) is 43.9 Å². The van der Waals surface area contributed by atoms with Crippen molar-refractivity contribution in [3.63, 3.8) is 0 Å². The Kier molecular flexibility index (Phi) is 5.51. The van der Waals surface area contributed by atoms with Gasteiger partial charge in [-0.1, -0.05) is 0 Å². The molecule has 0 bridgehead atoms. The molecular weight excluding hydrogens is 305 g/mol. The summed E-state index contributed by atoms with van der Waals surface area (Å²) in [6, 6.07) is 4.64. The lowest BCUT2D eigenvalue weighted by molar-refractivity contribution is -0.141. The zero-order chi connectivity index (χ0) is 16.8. The molecule has 1 aromatic rings. The zero-order valence-electron chi connectivity index (χ0n) is 12.7. The van der Waals surface area contributed by atoms with E-state index in [4.69, 9.17) is 0 Å². The average Bonchev–Trinajstić information content (AvgIpc) is 2.87. The number of benzene rings is 1. The molecule has 23 heavy (non-hydrogen) atoms. The molecule has 1 unspecified atom stereocenters. The molecule has 1 heterocycles. The predicted molar refractivity (Wildman–Crippen MR) is 80.3 cm³/mol. The Labute approximate surface area is 132 Å². The van der Waals surface area contributed by atoms with Crippen molar-refractivity contribution in [1.82, 2.24) is 10.6 Å². The highest BCUT2D eigenvalue weighted by atomic mass is 19.1. The number of hydrogen-bond donors (Lipinski definition) is 2. The summed E-state index contributed by atoms with van der Waals surface area (Å²) in [6.45, 7) is 1.97. The average molecular weight is 323 g/mol. The summed E-state index contributed by atoms with van der Waals surface area (Å²) in [5.41, 5.74) is 0.577. The summed E-state index contributed by atoms with van der Waals surface area (Å²) in [5.74, 6) is -1.07. The SMILES string of the molecule is CCOC(=O)CNC(=O)NC1CC(=O)N(c2ccc(F)cc2)C1. The monoisotopic (exact) mass is 323 g/mol. The van der Waals surface area contributed by atoms with Gasteiger partial charge in [-0.3, -0.25) is 9.59 Å². The van der Waals surface area contributed by atoms with E-state index in [1.54, 1.807) is 6.92 Å². The van der Waals surface area contributed by atoms with Gasteiger partial charge in [0.05, 0.1) is 12.6 Å². The van der Waals surface area contributed by atoms with Crippen LogP contribution in [0.1, 0.15) is 13.3 Å². The first kappa shape index (κ1) is 16.7. The molecule has 1 aliphatic heterocycles. The second-order valence-corrected chi connectivity index (χ2v) is 5.01. The third-order valence-electron chi connectivity index (χ3n) is 3.30. The number of halogens is 1. The Morgan fingerprint density at radius 2 is 2.04 bits per heavy atom. The lowest BCUT2D eigenvalue weighted by atomic mass is 10.2. The standard InChI is InChI=1S/C15H18FN3O4/c1-2-23-14(21)8-17-15(22)18-11-7-13(20)19(9-11)12-5-3-10(16)4-6-12/h3-6,11H,2,7-9H2,1H3,(H2,17,18,22). The predicted octanol–water partition coefficient (Wildman–Crippen LogP) is 0.793. The highest BCUT2D eigenvalue weighted by Crippen LogP contribution is 2.21. The molecule has 0 saturated carbocycles. The first-order valence-corrected chi connectivity index (χ1v) is 7.25. The van der Waals surface area contributed by atoms with E-state index in [0.29, 0.717) is 5.69 Å². The van der Waals surface area contributed by atoms with Crippen LogP contribution in [0.5, 0.6) is 0 Å². The summed E-state index contributed by atoms with van der Waals surface area (Å²) in [6.07, 6.45) is 0.143. The van der Waals surface area contributed by atoms with E-state index in [0.717, 1.165) is 0 Å². The van der Waals surface area contributed by atoms with Crippen molar-refractivity contribution in [2.24, 2.45) is 0 Å². The van der Waals surface area contributed by atoms with Gasteiger partial charge in [-0.2, -0.15) is 0 Å². The van der Waals surface area contributed by atoms with Gasteiger partial charge in [-0.15, -0.1) is 0 Å².